The lowest BCUT2D eigenvalue weighted by Crippen LogP contribution is -2.05. The molecule has 29 heavy (non-hydrogen) atoms. The first-order chi connectivity index (χ1) is 13.9. The van der Waals surface area contributed by atoms with Crippen molar-refractivity contribution in [1.29, 1.82) is 0 Å². The second-order valence-electron chi connectivity index (χ2n) is 6.07. The third-order valence-electron chi connectivity index (χ3n) is 4.09. The summed E-state index contributed by atoms with van der Waals surface area (Å²) in [6.07, 6.45) is 1.59. The second kappa shape index (κ2) is 8.70. The molecule has 0 spiro atoms. The van der Waals surface area contributed by atoms with Crippen LogP contribution in [0.2, 0.25) is 0 Å². The van der Waals surface area contributed by atoms with Gasteiger partial charge in [-0.25, -0.2) is 5.10 Å². The SMILES string of the molecule is COc1cc(C=Nn2c(-c3ccccc3C)n[nH]c2=S)cc(OC)c1OC(C)=O. The standard InChI is InChI=1S/C20H20N4O4S/c1-12-7-5-6-8-15(12)19-22-23-20(29)24(19)21-11-14-9-16(26-3)18(28-13(2)25)17(10-14)27-4/h5-11H,1-4H3,(H,23,29). The maximum absolute atomic E-state index is 11.4. The molecule has 0 aliphatic rings. The Bertz CT molecular complexity index is 1110. The van der Waals surface area contributed by atoms with Crippen LogP contribution in [0.4, 0.5) is 0 Å². The predicted molar refractivity (Wildman–Crippen MR) is 111 cm³/mol. The van der Waals surface area contributed by atoms with E-state index in [1.165, 1.54) is 25.8 Å². The summed E-state index contributed by atoms with van der Waals surface area (Å²) in [6, 6.07) is 11.2. The molecule has 3 rings (SSSR count). The van der Waals surface area contributed by atoms with E-state index in [2.05, 4.69) is 15.3 Å². The summed E-state index contributed by atoms with van der Waals surface area (Å²) >= 11 is 5.32. The molecular weight excluding hydrogens is 392 g/mol. The first-order valence-corrected chi connectivity index (χ1v) is 9.07. The second-order valence-corrected chi connectivity index (χ2v) is 6.46. The average molecular weight is 412 g/mol. The number of rotatable bonds is 6. The summed E-state index contributed by atoms with van der Waals surface area (Å²) in [5, 5.41) is 11.5. The molecule has 8 nitrogen and oxygen atoms in total. The van der Waals surface area contributed by atoms with Gasteiger partial charge < -0.3 is 14.2 Å². The molecule has 0 saturated carbocycles. The van der Waals surface area contributed by atoms with Gasteiger partial charge in [-0.2, -0.15) is 14.9 Å². The lowest BCUT2D eigenvalue weighted by atomic mass is 10.1. The Morgan fingerprint density at radius 1 is 1.21 bits per heavy atom. The first kappa shape index (κ1) is 20.3. The number of nitrogens with zero attached hydrogens (tertiary/aromatic N) is 3. The van der Waals surface area contributed by atoms with Gasteiger partial charge in [0.2, 0.25) is 10.5 Å². The van der Waals surface area contributed by atoms with Crippen molar-refractivity contribution in [2.75, 3.05) is 14.2 Å². The first-order valence-electron chi connectivity index (χ1n) is 8.66. The number of aromatic amines is 1. The summed E-state index contributed by atoms with van der Waals surface area (Å²) in [5.74, 6) is 1.02. The number of H-pyrrole nitrogens is 1. The van der Waals surface area contributed by atoms with Crippen LogP contribution < -0.4 is 14.2 Å². The lowest BCUT2D eigenvalue weighted by molar-refractivity contribution is -0.132. The van der Waals surface area contributed by atoms with Gasteiger partial charge in [0.25, 0.3) is 0 Å². The van der Waals surface area contributed by atoms with Crippen LogP contribution in [0.15, 0.2) is 41.5 Å². The minimum atomic E-state index is -0.476. The largest absolute Gasteiger partial charge is 0.493 e. The topological polar surface area (TPSA) is 90.7 Å². The van der Waals surface area contributed by atoms with Crippen molar-refractivity contribution in [3.8, 4) is 28.6 Å². The number of hydrogen-bond donors (Lipinski definition) is 1. The number of methoxy groups -OCH3 is 2. The summed E-state index contributed by atoms with van der Waals surface area (Å²) in [5.41, 5.74) is 2.62. The molecule has 1 heterocycles. The van der Waals surface area contributed by atoms with Crippen molar-refractivity contribution < 1.29 is 19.0 Å². The Balaban J connectivity index is 2.03. The summed E-state index contributed by atoms with van der Waals surface area (Å²) in [6.45, 7) is 3.30. The zero-order valence-corrected chi connectivity index (χ0v) is 17.2. The molecule has 9 heteroatoms. The van der Waals surface area contributed by atoms with Crippen LogP contribution in [0.5, 0.6) is 17.2 Å². The molecule has 0 aliphatic carbocycles. The van der Waals surface area contributed by atoms with Gasteiger partial charge in [0, 0.05) is 18.1 Å². The van der Waals surface area contributed by atoms with Crippen molar-refractivity contribution in [2.24, 2.45) is 5.10 Å². The molecular formula is C20H20N4O4S. The van der Waals surface area contributed by atoms with E-state index in [0.717, 1.165) is 11.1 Å². The number of benzene rings is 2. The zero-order valence-electron chi connectivity index (χ0n) is 16.4. The van der Waals surface area contributed by atoms with E-state index in [-0.39, 0.29) is 5.75 Å². The third kappa shape index (κ3) is 4.35. The van der Waals surface area contributed by atoms with E-state index >= 15 is 0 Å². The van der Waals surface area contributed by atoms with Gasteiger partial charge in [-0.05, 0) is 36.8 Å². The molecule has 0 amide bonds. The Morgan fingerprint density at radius 3 is 2.45 bits per heavy atom. The number of esters is 1. The molecule has 0 unspecified atom stereocenters. The van der Waals surface area contributed by atoms with Crippen LogP contribution in [0, 0.1) is 11.7 Å². The summed E-state index contributed by atoms with van der Waals surface area (Å²) < 4.78 is 17.8. The molecule has 2 aromatic carbocycles. The Hall–Kier alpha value is -3.46. The Kier molecular flexibility index (Phi) is 6.08. The molecule has 0 atom stereocenters. The van der Waals surface area contributed by atoms with Gasteiger partial charge in [-0.3, -0.25) is 4.79 Å². The van der Waals surface area contributed by atoms with Crippen molar-refractivity contribution in [2.45, 2.75) is 13.8 Å². The quantitative estimate of drug-likeness (QED) is 0.287. The van der Waals surface area contributed by atoms with Gasteiger partial charge in [0.05, 0.1) is 20.4 Å². The monoisotopic (exact) mass is 412 g/mol. The maximum Gasteiger partial charge on any atom is 0.308 e. The van der Waals surface area contributed by atoms with Gasteiger partial charge in [0.15, 0.2) is 17.3 Å². The average Bonchev–Trinajstić information content (AvgIpc) is 3.07. The number of aryl methyl sites for hydroxylation is 1. The van der Waals surface area contributed by atoms with Gasteiger partial charge >= 0.3 is 5.97 Å². The molecule has 0 aliphatic heterocycles. The van der Waals surface area contributed by atoms with Crippen molar-refractivity contribution in [3.05, 3.63) is 52.3 Å². The van der Waals surface area contributed by atoms with E-state index in [1.807, 2.05) is 31.2 Å². The molecule has 0 radical (unpaired) electrons. The number of ether oxygens (including phenoxy) is 3. The summed E-state index contributed by atoms with van der Waals surface area (Å²) in [4.78, 5) is 11.4. The van der Waals surface area contributed by atoms with Crippen LogP contribution in [-0.2, 0) is 4.79 Å². The van der Waals surface area contributed by atoms with Crippen molar-refractivity contribution in [1.82, 2.24) is 14.9 Å². The van der Waals surface area contributed by atoms with Crippen LogP contribution in [0.25, 0.3) is 11.4 Å². The normalized spacial score (nSPS) is 10.9. The van der Waals surface area contributed by atoms with Crippen LogP contribution in [0.3, 0.4) is 0 Å². The van der Waals surface area contributed by atoms with Crippen LogP contribution in [-0.4, -0.2) is 41.3 Å². The molecule has 3 aromatic rings. The van der Waals surface area contributed by atoms with Crippen molar-refractivity contribution >= 4 is 24.4 Å². The fourth-order valence-corrected chi connectivity index (χ4v) is 2.92. The number of aromatic nitrogens is 3. The summed E-state index contributed by atoms with van der Waals surface area (Å²) in [7, 11) is 2.95. The third-order valence-corrected chi connectivity index (χ3v) is 4.35. The highest BCUT2D eigenvalue weighted by atomic mass is 32.1. The predicted octanol–water partition coefficient (Wildman–Crippen LogP) is 3.74. The van der Waals surface area contributed by atoms with Crippen LogP contribution in [0.1, 0.15) is 18.1 Å². The number of carbonyl (C=O) groups is 1. The fraction of sp³-hybridized carbons (Fsp3) is 0.200. The van der Waals surface area contributed by atoms with Gasteiger partial charge in [0.1, 0.15) is 0 Å². The highest BCUT2D eigenvalue weighted by Gasteiger charge is 2.16. The molecule has 1 aromatic heterocycles. The highest BCUT2D eigenvalue weighted by Crippen LogP contribution is 2.38. The minimum absolute atomic E-state index is 0.208. The Labute approximate surface area is 172 Å². The van der Waals surface area contributed by atoms with E-state index in [1.54, 1.807) is 18.3 Å². The zero-order chi connectivity index (χ0) is 21.0. The van der Waals surface area contributed by atoms with E-state index in [0.29, 0.717) is 27.7 Å². The number of hydrogen-bond acceptors (Lipinski definition) is 7. The Morgan fingerprint density at radius 2 is 1.86 bits per heavy atom. The molecule has 150 valence electrons. The van der Waals surface area contributed by atoms with E-state index in [4.69, 9.17) is 26.4 Å². The van der Waals surface area contributed by atoms with E-state index in [9.17, 15) is 4.79 Å². The molecule has 0 fully saturated rings. The van der Waals surface area contributed by atoms with Crippen LogP contribution >= 0.6 is 12.2 Å². The minimum Gasteiger partial charge on any atom is -0.493 e. The molecule has 0 saturated heterocycles. The van der Waals surface area contributed by atoms with Gasteiger partial charge in [-0.15, -0.1) is 0 Å². The number of nitrogens with one attached hydrogen (secondary N) is 1. The van der Waals surface area contributed by atoms with E-state index < -0.39 is 5.97 Å². The fourth-order valence-electron chi connectivity index (χ4n) is 2.74. The number of carbonyl (C=O) groups excluding carboxylic acids is 1. The smallest absolute Gasteiger partial charge is 0.308 e. The molecule has 1 N–H and O–H groups in total. The molecule has 0 bridgehead atoms. The highest BCUT2D eigenvalue weighted by molar-refractivity contribution is 7.71. The lowest BCUT2D eigenvalue weighted by Gasteiger charge is -2.13. The maximum atomic E-state index is 11.4. The van der Waals surface area contributed by atoms with Crippen molar-refractivity contribution in [3.63, 3.8) is 0 Å². The van der Waals surface area contributed by atoms with Gasteiger partial charge in [-0.1, -0.05) is 24.3 Å².